The smallest absolute Gasteiger partial charge is 0.0294 e. The monoisotopic (exact) mass is 217 g/mol. The van der Waals surface area contributed by atoms with Crippen LogP contribution in [-0.4, -0.2) is 6.54 Å². The highest BCUT2D eigenvalue weighted by molar-refractivity contribution is 5.32. The van der Waals surface area contributed by atoms with E-state index in [1.165, 1.54) is 29.5 Å². The molecule has 1 aliphatic carbocycles. The third-order valence-corrected chi connectivity index (χ3v) is 3.84. The van der Waals surface area contributed by atoms with E-state index in [-0.39, 0.29) is 0 Å². The summed E-state index contributed by atoms with van der Waals surface area (Å²) >= 11 is 0. The lowest BCUT2D eigenvalue weighted by Crippen LogP contribution is -2.25. The van der Waals surface area contributed by atoms with Crippen molar-refractivity contribution in [2.75, 3.05) is 6.54 Å². The van der Waals surface area contributed by atoms with Crippen LogP contribution in [-0.2, 0) is 0 Å². The molecule has 0 amide bonds. The van der Waals surface area contributed by atoms with E-state index in [4.69, 9.17) is 0 Å². The topological polar surface area (TPSA) is 12.0 Å². The summed E-state index contributed by atoms with van der Waals surface area (Å²) in [5.74, 6) is 0. The minimum absolute atomic E-state index is 0.470. The van der Waals surface area contributed by atoms with E-state index in [0.29, 0.717) is 11.5 Å². The van der Waals surface area contributed by atoms with Crippen LogP contribution in [0.5, 0.6) is 0 Å². The summed E-state index contributed by atoms with van der Waals surface area (Å²) in [6.45, 7) is 10.2. The van der Waals surface area contributed by atoms with E-state index in [2.05, 4.69) is 51.2 Å². The Morgan fingerprint density at radius 1 is 1.31 bits per heavy atom. The molecule has 1 aromatic rings. The Balaban J connectivity index is 2.01. The third kappa shape index (κ3) is 2.65. The SMILES string of the molecule is Cc1ccc(C)c(C(C)NCC2(C)CC2)c1. The van der Waals surface area contributed by atoms with E-state index < -0.39 is 0 Å². The predicted octanol–water partition coefficient (Wildman–Crippen LogP) is 3.75. The second-order valence-corrected chi connectivity index (χ2v) is 5.77. The summed E-state index contributed by atoms with van der Waals surface area (Å²) in [4.78, 5) is 0. The maximum absolute atomic E-state index is 3.67. The van der Waals surface area contributed by atoms with E-state index in [1.54, 1.807) is 0 Å². The van der Waals surface area contributed by atoms with Crippen molar-refractivity contribution in [1.82, 2.24) is 5.32 Å². The molecular formula is C15H23N. The molecule has 16 heavy (non-hydrogen) atoms. The van der Waals surface area contributed by atoms with E-state index in [9.17, 15) is 0 Å². The Morgan fingerprint density at radius 2 is 2.00 bits per heavy atom. The molecule has 2 rings (SSSR count). The minimum atomic E-state index is 0.470. The highest BCUT2D eigenvalue weighted by atomic mass is 14.9. The quantitative estimate of drug-likeness (QED) is 0.810. The van der Waals surface area contributed by atoms with Crippen LogP contribution in [0, 0.1) is 19.3 Å². The predicted molar refractivity (Wildman–Crippen MR) is 69.7 cm³/mol. The molecule has 1 N–H and O–H groups in total. The van der Waals surface area contributed by atoms with E-state index >= 15 is 0 Å². The van der Waals surface area contributed by atoms with Crippen LogP contribution in [0.3, 0.4) is 0 Å². The molecule has 88 valence electrons. The molecular weight excluding hydrogens is 194 g/mol. The molecule has 1 unspecified atom stereocenters. The Morgan fingerprint density at radius 3 is 2.62 bits per heavy atom. The summed E-state index contributed by atoms with van der Waals surface area (Å²) in [7, 11) is 0. The molecule has 0 radical (unpaired) electrons. The lowest BCUT2D eigenvalue weighted by atomic mass is 9.99. The lowest BCUT2D eigenvalue weighted by Gasteiger charge is -2.19. The Hall–Kier alpha value is -0.820. The van der Waals surface area contributed by atoms with Gasteiger partial charge in [-0.2, -0.15) is 0 Å². The molecule has 1 aliphatic rings. The van der Waals surface area contributed by atoms with Gasteiger partial charge >= 0.3 is 0 Å². The Kier molecular flexibility index (Phi) is 3.07. The maximum Gasteiger partial charge on any atom is 0.0294 e. The average Bonchev–Trinajstić information content (AvgIpc) is 2.97. The average molecular weight is 217 g/mol. The zero-order chi connectivity index (χ0) is 11.8. The highest BCUT2D eigenvalue weighted by Gasteiger charge is 2.36. The summed E-state index contributed by atoms with van der Waals surface area (Å²) in [6.07, 6.45) is 2.78. The number of hydrogen-bond acceptors (Lipinski definition) is 1. The van der Waals surface area contributed by atoms with Gasteiger partial charge in [0.2, 0.25) is 0 Å². The van der Waals surface area contributed by atoms with Gasteiger partial charge in [-0.15, -0.1) is 0 Å². The van der Waals surface area contributed by atoms with Gasteiger partial charge in [0.15, 0.2) is 0 Å². The number of nitrogens with one attached hydrogen (secondary N) is 1. The van der Waals surface area contributed by atoms with Crippen molar-refractivity contribution in [3.05, 3.63) is 34.9 Å². The third-order valence-electron chi connectivity index (χ3n) is 3.84. The zero-order valence-corrected chi connectivity index (χ0v) is 10.9. The van der Waals surface area contributed by atoms with Gasteiger partial charge in [-0.1, -0.05) is 30.7 Å². The Labute approximate surface area is 99.3 Å². The van der Waals surface area contributed by atoms with Crippen LogP contribution in [0.4, 0.5) is 0 Å². The second kappa shape index (κ2) is 4.21. The lowest BCUT2D eigenvalue weighted by molar-refractivity contribution is 0.456. The normalized spacial score (nSPS) is 19.5. The Bertz CT molecular complexity index is 377. The van der Waals surface area contributed by atoms with Crippen molar-refractivity contribution >= 4 is 0 Å². The fourth-order valence-electron chi connectivity index (χ4n) is 2.13. The van der Waals surface area contributed by atoms with Gasteiger partial charge in [0.05, 0.1) is 0 Å². The van der Waals surface area contributed by atoms with Crippen LogP contribution in [0.1, 0.15) is 49.4 Å². The fraction of sp³-hybridized carbons (Fsp3) is 0.600. The number of aryl methyl sites for hydroxylation is 2. The van der Waals surface area contributed by atoms with E-state index in [0.717, 1.165) is 6.54 Å². The van der Waals surface area contributed by atoms with Crippen molar-refractivity contribution in [1.29, 1.82) is 0 Å². The van der Waals surface area contributed by atoms with Gasteiger partial charge in [-0.3, -0.25) is 0 Å². The molecule has 0 aromatic heterocycles. The molecule has 1 atom stereocenters. The van der Waals surface area contributed by atoms with Crippen LogP contribution in [0.15, 0.2) is 18.2 Å². The van der Waals surface area contributed by atoms with Gasteiger partial charge in [0, 0.05) is 12.6 Å². The summed E-state index contributed by atoms with van der Waals surface area (Å²) < 4.78 is 0. The standard InChI is InChI=1S/C15H23N/c1-11-5-6-12(2)14(9-11)13(3)16-10-15(4)7-8-15/h5-6,9,13,16H,7-8,10H2,1-4H3. The molecule has 1 heteroatoms. The van der Waals surface area contributed by atoms with E-state index in [1.807, 2.05) is 0 Å². The van der Waals surface area contributed by atoms with Crippen LogP contribution < -0.4 is 5.32 Å². The summed E-state index contributed by atoms with van der Waals surface area (Å²) in [5.41, 5.74) is 4.79. The van der Waals surface area contributed by atoms with Gasteiger partial charge < -0.3 is 5.32 Å². The minimum Gasteiger partial charge on any atom is -0.310 e. The molecule has 0 saturated heterocycles. The van der Waals surface area contributed by atoms with Gasteiger partial charge in [-0.05, 0) is 50.2 Å². The van der Waals surface area contributed by atoms with Crippen molar-refractivity contribution in [2.24, 2.45) is 5.41 Å². The molecule has 1 saturated carbocycles. The zero-order valence-electron chi connectivity index (χ0n) is 10.9. The van der Waals surface area contributed by atoms with Crippen LogP contribution in [0.25, 0.3) is 0 Å². The van der Waals surface area contributed by atoms with Crippen LogP contribution in [0.2, 0.25) is 0 Å². The first kappa shape index (κ1) is 11.7. The first-order chi connectivity index (χ1) is 7.50. The molecule has 0 heterocycles. The van der Waals surface area contributed by atoms with Gasteiger partial charge in [-0.25, -0.2) is 0 Å². The first-order valence-electron chi connectivity index (χ1n) is 6.31. The summed E-state index contributed by atoms with van der Waals surface area (Å²) in [5, 5.41) is 3.67. The molecule has 1 aromatic carbocycles. The highest BCUT2D eigenvalue weighted by Crippen LogP contribution is 2.44. The van der Waals surface area contributed by atoms with Crippen molar-refractivity contribution < 1.29 is 0 Å². The van der Waals surface area contributed by atoms with Crippen molar-refractivity contribution in [3.63, 3.8) is 0 Å². The molecule has 0 aliphatic heterocycles. The van der Waals surface area contributed by atoms with Crippen LogP contribution >= 0.6 is 0 Å². The second-order valence-electron chi connectivity index (χ2n) is 5.77. The fourth-order valence-corrected chi connectivity index (χ4v) is 2.13. The van der Waals surface area contributed by atoms with Crippen molar-refractivity contribution in [2.45, 2.75) is 46.6 Å². The molecule has 1 fully saturated rings. The van der Waals surface area contributed by atoms with Gasteiger partial charge in [0.1, 0.15) is 0 Å². The number of benzene rings is 1. The molecule has 0 spiro atoms. The largest absolute Gasteiger partial charge is 0.310 e. The first-order valence-corrected chi connectivity index (χ1v) is 6.31. The molecule has 0 bridgehead atoms. The van der Waals surface area contributed by atoms with Crippen molar-refractivity contribution in [3.8, 4) is 0 Å². The van der Waals surface area contributed by atoms with Gasteiger partial charge in [0.25, 0.3) is 0 Å². The molecule has 1 nitrogen and oxygen atoms in total. The maximum atomic E-state index is 3.67. The number of rotatable bonds is 4. The number of hydrogen-bond donors (Lipinski definition) is 1. The summed E-state index contributed by atoms with van der Waals surface area (Å²) in [6, 6.07) is 7.19.